The maximum atomic E-state index is 8.26. The number of allylic oxidation sites excluding steroid dienone is 2. The SMILES string of the molecule is C=CC.C=CC.OCCO.OCCOCCOCCO. The molecule has 0 heterocycles. The fourth-order valence-electron chi connectivity index (χ4n) is 0.451. The fraction of sp³-hybridized carbons (Fsp3) is 0.714. The topological polar surface area (TPSA) is 99.4 Å². The van der Waals surface area contributed by atoms with Gasteiger partial charge in [-0.2, -0.15) is 0 Å². The van der Waals surface area contributed by atoms with E-state index >= 15 is 0 Å². The molecule has 0 atom stereocenters. The van der Waals surface area contributed by atoms with Crippen LogP contribution < -0.4 is 0 Å². The van der Waals surface area contributed by atoms with Crippen molar-refractivity contribution >= 4 is 0 Å². The molecule has 0 aliphatic heterocycles. The van der Waals surface area contributed by atoms with Gasteiger partial charge in [-0.3, -0.25) is 0 Å². The summed E-state index contributed by atoms with van der Waals surface area (Å²) in [5, 5.41) is 31.8. The highest BCUT2D eigenvalue weighted by Gasteiger charge is 1.86. The van der Waals surface area contributed by atoms with E-state index in [1.165, 1.54) is 0 Å². The van der Waals surface area contributed by atoms with Gasteiger partial charge >= 0.3 is 0 Å². The predicted molar refractivity (Wildman–Crippen MR) is 81.7 cm³/mol. The molecule has 0 aromatic carbocycles. The maximum Gasteiger partial charge on any atom is 0.0701 e. The molecular weight excluding hydrogens is 264 g/mol. The van der Waals surface area contributed by atoms with Crippen molar-refractivity contribution in [2.45, 2.75) is 13.8 Å². The second kappa shape index (κ2) is 42.9. The van der Waals surface area contributed by atoms with Gasteiger partial charge in [0.2, 0.25) is 0 Å². The molecule has 20 heavy (non-hydrogen) atoms. The first-order valence-corrected chi connectivity index (χ1v) is 6.39. The summed E-state index contributed by atoms with van der Waals surface area (Å²) in [4.78, 5) is 0. The zero-order chi connectivity index (χ0) is 16.5. The van der Waals surface area contributed by atoms with Gasteiger partial charge in [0.25, 0.3) is 0 Å². The van der Waals surface area contributed by atoms with Crippen molar-refractivity contribution in [1.29, 1.82) is 0 Å². The van der Waals surface area contributed by atoms with Gasteiger partial charge in [0.1, 0.15) is 0 Å². The number of aliphatic hydroxyl groups is 4. The summed E-state index contributed by atoms with van der Waals surface area (Å²) in [6, 6.07) is 0. The third-order valence-corrected chi connectivity index (χ3v) is 0.943. The molecule has 0 bridgehead atoms. The number of aliphatic hydroxyl groups excluding tert-OH is 4. The first-order chi connectivity index (χ1) is 9.66. The summed E-state index contributed by atoms with van der Waals surface area (Å²) in [6.45, 7) is 12.0. The third kappa shape index (κ3) is 86.7. The van der Waals surface area contributed by atoms with Gasteiger partial charge in [0.15, 0.2) is 0 Å². The van der Waals surface area contributed by atoms with Crippen LogP contribution in [0.25, 0.3) is 0 Å². The summed E-state index contributed by atoms with van der Waals surface area (Å²) in [7, 11) is 0. The number of ether oxygens (including phenoxy) is 2. The zero-order valence-electron chi connectivity index (χ0n) is 12.8. The van der Waals surface area contributed by atoms with Crippen LogP contribution in [0.3, 0.4) is 0 Å². The van der Waals surface area contributed by atoms with E-state index < -0.39 is 0 Å². The smallest absolute Gasteiger partial charge is 0.0701 e. The molecule has 0 aromatic rings. The van der Waals surface area contributed by atoms with Gasteiger partial charge in [0.05, 0.1) is 52.9 Å². The summed E-state index contributed by atoms with van der Waals surface area (Å²) in [5.74, 6) is 0. The molecule has 0 aliphatic rings. The van der Waals surface area contributed by atoms with Crippen molar-refractivity contribution in [2.24, 2.45) is 0 Å². The first kappa shape index (κ1) is 27.6. The molecule has 124 valence electrons. The van der Waals surface area contributed by atoms with Crippen molar-refractivity contribution in [1.82, 2.24) is 0 Å². The molecule has 0 aliphatic carbocycles. The Morgan fingerprint density at radius 1 is 0.650 bits per heavy atom. The molecule has 0 fully saturated rings. The van der Waals surface area contributed by atoms with E-state index in [0.717, 1.165) is 0 Å². The second-order valence-electron chi connectivity index (χ2n) is 2.94. The summed E-state index contributed by atoms with van der Waals surface area (Å²) < 4.78 is 9.75. The van der Waals surface area contributed by atoms with Gasteiger partial charge in [-0.15, -0.1) is 13.2 Å². The molecule has 0 radical (unpaired) electrons. The lowest BCUT2D eigenvalue weighted by Gasteiger charge is -2.01. The minimum Gasteiger partial charge on any atom is -0.394 e. The summed E-state index contributed by atoms with van der Waals surface area (Å²) >= 11 is 0. The van der Waals surface area contributed by atoms with E-state index in [0.29, 0.717) is 26.4 Å². The predicted octanol–water partition coefficient (Wildman–Crippen LogP) is 0.360. The minimum atomic E-state index is -0.125. The molecule has 0 amide bonds. The van der Waals surface area contributed by atoms with E-state index in [2.05, 4.69) is 13.2 Å². The van der Waals surface area contributed by atoms with Crippen LogP contribution in [-0.2, 0) is 9.47 Å². The Kier molecular flexibility index (Phi) is 59.1. The van der Waals surface area contributed by atoms with Crippen LogP contribution >= 0.6 is 0 Å². The molecule has 0 spiro atoms. The van der Waals surface area contributed by atoms with Crippen LogP contribution in [0.2, 0.25) is 0 Å². The Labute approximate surface area is 123 Å². The highest BCUT2D eigenvalue weighted by atomic mass is 16.5. The Hall–Kier alpha value is -0.760. The van der Waals surface area contributed by atoms with E-state index in [4.69, 9.17) is 29.9 Å². The van der Waals surface area contributed by atoms with Crippen LogP contribution in [0.5, 0.6) is 0 Å². The lowest BCUT2D eigenvalue weighted by atomic mass is 10.7. The Balaban J connectivity index is -0.000000106. The standard InChI is InChI=1S/C6H14O4.2C3H6.C2H6O2/c7-1-3-9-5-6-10-4-2-8;2*1-3-2;3-1-2-4/h7-8H,1-6H2;2*3H,1H2,2H3;3-4H,1-2H2. The molecule has 0 aromatic heterocycles. The average molecular weight is 296 g/mol. The van der Waals surface area contributed by atoms with E-state index in [9.17, 15) is 0 Å². The molecule has 6 heteroatoms. The van der Waals surface area contributed by atoms with Crippen molar-refractivity contribution in [3.63, 3.8) is 0 Å². The second-order valence-corrected chi connectivity index (χ2v) is 2.94. The Bertz CT molecular complexity index is 126. The molecule has 4 N–H and O–H groups in total. The number of hydrogen-bond acceptors (Lipinski definition) is 6. The molecule has 0 saturated carbocycles. The maximum absolute atomic E-state index is 8.26. The van der Waals surface area contributed by atoms with Crippen LogP contribution in [0.15, 0.2) is 25.3 Å². The van der Waals surface area contributed by atoms with Gasteiger partial charge in [0, 0.05) is 0 Å². The molecule has 0 saturated heterocycles. The molecular formula is C14H32O6. The molecule has 0 rings (SSSR count). The van der Waals surface area contributed by atoms with Crippen LogP contribution in [0, 0.1) is 0 Å². The van der Waals surface area contributed by atoms with Gasteiger partial charge < -0.3 is 29.9 Å². The van der Waals surface area contributed by atoms with Crippen molar-refractivity contribution in [3.05, 3.63) is 25.3 Å². The third-order valence-electron chi connectivity index (χ3n) is 0.943. The highest BCUT2D eigenvalue weighted by molar-refractivity contribution is 4.52. The lowest BCUT2D eigenvalue weighted by molar-refractivity contribution is 0.0222. The first-order valence-electron chi connectivity index (χ1n) is 6.39. The fourth-order valence-corrected chi connectivity index (χ4v) is 0.451. The Morgan fingerprint density at radius 3 is 1.05 bits per heavy atom. The van der Waals surface area contributed by atoms with E-state index in [-0.39, 0.29) is 26.4 Å². The quantitative estimate of drug-likeness (QED) is 0.381. The van der Waals surface area contributed by atoms with Gasteiger partial charge in [-0.05, 0) is 13.8 Å². The van der Waals surface area contributed by atoms with Crippen LogP contribution in [0.4, 0.5) is 0 Å². The summed E-state index contributed by atoms with van der Waals surface area (Å²) in [6.07, 6.45) is 3.50. The number of rotatable bonds is 8. The minimum absolute atomic E-state index is 0.0417. The van der Waals surface area contributed by atoms with Crippen molar-refractivity contribution in [3.8, 4) is 0 Å². The largest absolute Gasteiger partial charge is 0.394 e. The van der Waals surface area contributed by atoms with Crippen LogP contribution in [0.1, 0.15) is 13.8 Å². The molecule has 6 nitrogen and oxygen atoms in total. The van der Waals surface area contributed by atoms with Gasteiger partial charge in [-0.1, -0.05) is 12.2 Å². The highest BCUT2D eigenvalue weighted by Crippen LogP contribution is 1.76. The van der Waals surface area contributed by atoms with Gasteiger partial charge in [-0.25, -0.2) is 0 Å². The molecule has 0 unspecified atom stereocenters. The van der Waals surface area contributed by atoms with Crippen molar-refractivity contribution in [2.75, 3.05) is 52.9 Å². The zero-order valence-corrected chi connectivity index (χ0v) is 12.8. The lowest BCUT2D eigenvalue weighted by Crippen LogP contribution is -2.09. The normalized spacial score (nSPS) is 7.90. The number of hydrogen-bond donors (Lipinski definition) is 4. The van der Waals surface area contributed by atoms with E-state index in [1.54, 1.807) is 12.2 Å². The van der Waals surface area contributed by atoms with E-state index in [1.807, 2.05) is 13.8 Å². The van der Waals surface area contributed by atoms with Crippen LogP contribution in [-0.4, -0.2) is 73.3 Å². The average Bonchev–Trinajstić information content (AvgIpc) is 2.45. The Morgan fingerprint density at radius 2 is 0.900 bits per heavy atom. The van der Waals surface area contributed by atoms with Crippen molar-refractivity contribution < 1.29 is 29.9 Å². The monoisotopic (exact) mass is 296 g/mol. The summed E-state index contributed by atoms with van der Waals surface area (Å²) in [5.41, 5.74) is 0.